The van der Waals surface area contributed by atoms with E-state index >= 15 is 0 Å². The second-order valence-electron chi connectivity index (χ2n) is 5.75. The Balaban J connectivity index is 1.66. The van der Waals surface area contributed by atoms with Gasteiger partial charge in [-0.15, -0.1) is 10.2 Å². The van der Waals surface area contributed by atoms with Crippen molar-refractivity contribution in [2.75, 3.05) is 7.11 Å². The molecule has 3 rings (SSSR count). The van der Waals surface area contributed by atoms with Crippen LogP contribution in [-0.4, -0.2) is 17.3 Å². The van der Waals surface area contributed by atoms with E-state index in [1.165, 1.54) is 5.56 Å². The maximum absolute atomic E-state index is 5.75. The van der Waals surface area contributed by atoms with Crippen molar-refractivity contribution in [1.29, 1.82) is 0 Å². The van der Waals surface area contributed by atoms with Gasteiger partial charge in [0.15, 0.2) is 6.61 Å². The van der Waals surface area contributed by atoms with Crippen LogP contribution in [-0.2, 0) is 6.61 Å². The molecule has 0 aliphatic heterocycles. The molecule has 0 N–H and O–H groups in total. The van der Waals surface area contributed by atoms with Gasteiger partial charge in [0.25, 0.3) is 5.89 Å². The molecule has 24 heavy (non-hydrogen) atoms. The largest absolute Gasteiger partial charge is 0.497 e. The molecule has 0 saturated heterocycles. The van der Waals surface area contributed by atoms with Crippen molar-refractivity contribution in [2.45, 2.75) is 26.4 Å². The Hall–Kier alpha value is -2.82. The Morgan fingerprint density at radius 1 is 1.00 bits per heavy atom. The van der Waals surface area contributed by atoms with Gasteiger partial charge in [-0.25, -0.2) is 0 Å². The van der Waals surface area contributed by atoms with Gasteiger partial charge in [0.1, 0.15) is 11.5 Å². The van der Waals surface area contributed by atoms with E-state index in [9.17, 15) is 0 Å². The topological polar surface area (TPSA) is 57.4 Å². The predicted molar refractivity (Wildman–Crippen MR) is 91.1 cm³/mol. The van der Waals surface area contributed by atoms with Gasteiger partial charge in [0.05, 0.1) is 7.11 Å². The molecule has 3 aromatic rings. The van der Waals surface area contributed by atoms with Crippen LogP contribution in [0.15, 0.2) is 52.9 Å². The number of methoxy groups -OCH3 is 1. The van der Waals surface area contributed by atoms with Crippen LogP contribution in [0.5, 0.6) is 11.5 Å². The Labute approximate surface area is 141 Å². The van der Waals surface area contributed by atoms with Crippen molar-refractivity contribution >= 4 is 0 Å². The minimum Gasteiger partial charge on any atom is -0.497 e. The van der Waals surface area contributed by atoms with E-state index in [2.05, 4.69) is 30.1 Å². The average Bonchev–Trinajstić information content (AvgIpc) is 3.09. The third kappa shape index (κ3) is 3.74. The van der Waals surface area contributed by atoms with Gasteiger partial charge in [-0.05, 0) is 47.9 Å². The molecule has 0 bridgehead atoms. The minimum atomic E-state index is 0.241. The molecule has 0 radical (unpaired) electrons. The van der Waals surface area contributed by atoms with Gasteiger partial charge in [0.2, 0.25) is 5.89 Å². The molecule has 0 aliphatic carbocycles. The fourth-order valence-electron chi connectivity index (χ4n) is 2.27. The number of nitrogens with zero attached hydrogens (tertiary/aromatic N) is 2. The van der Waals surface area contributed by atoms with Crippen molar-refractivity contribution in [3.63, 3.8) is 0 Å². The molecule has 0 spiro atoms. The summed E-state index contributed by atoms with van der Waals surface area (Å²) in [6.45, 7) is 4.54. The lowest BCUT2D eigenvalue weighted by atomic mass is 10.0. The second-order valence-corrected chi connectivity index (χ2v) is 5.75. The first-order chi connectivity index (χ1) is 11.7. The third-order valence-electron chi connectivity index (χ3n) is 3.69. The Morgan fingerprint density at radius 3 is 2.50 bits per heavy atom. The molecule has 0 saturated carbocycles. The summed E-state index contributed by atoms with van der Waals surface area (Å²) in [7, 11) is 1.63. The maximum Gasteiger partial charge on any atom is 0.254 e. The highest BCUT2D eigenvalue weighted by Gasteiger charge is 2.10. The summed E-state index contributed by atoms with van der Waals surface area (Å²) < 4.78 is 16.5. The van der Waals surface area contributed by atoms with Crippen molar-refractivity contribution in [1.82, 2.24) is 10.2 Å². The van der Waals surface area contributed by atoms with E-state index in [-0.39, 0.29) is 6.61 Å². The van der Waals surface area contributed by atoms with Crippen LogP contribution in [0.3, 0.4) is 0 Å². The van der Waals surface area contributed by atoms with Crippen LogP contribution >= 0.6 is 0 Å². The minimum absolute atomic E-state index is 0.241. The van der Waals surface area contributed by atoms with E-state index in [0.717, 1.165) is 17.1 Å². The number of ether oxygens (including phenoxy) is 2. The fourth-order valence-corrected chi connectivity index (χ4v) is 2.27. The predicted octanol–water partition coefficient (Wildman–Crippen LogP) is 4.45. The molecule has 5 nitrogen and oxygen atoms in total. The second kappa shape index (κ2) is 7.17. The molecule has 0 fully saturated rings. The number of hydrogen-bond donors (Lipinski definition) is 0. The number of aromatic nitrogens is 2. The summed E-state index contributed by atoms with van der Waals surface area (Å²) in [6.07, 6.45) is 0. The smallest absolute Gasteiger partial charge is 0.254 e. The molecule has 124 valence electrons. The molecule has 0 atom stereocenters. The van der Waals surface area contributed by atoms with E-state index in [1.54, 1.807) is 7.11 Å². The first-order valence-electron chi connectivity index (χ1n) is 7.85. The lowest BCUT2D eigenvalue weighted by molar-refractivity contribution is 0.264. The van der Waals surface area contributed by atoms with Crippen LogP contribution in [0.1, 0.15) is 31.2 Å². The van der Waals surface area contributed by atoms with Gasteiger partial charge >= 0.3 is 0 Å². The molecular weight excluding hydrogens is 304 g/mol. The standard InChI is InChI=1S/C19H20N2O3/c1-13(2)15-5-4-6-17(11-15)23-12-18-20-21-19(24-18)14-7-9-16(22-3)10-8-14/h4-11,13H,12H2,1-3H3. The summed E-state index contributed by atoms with van der Waals surface area (Å²) >= 11 is 0. The van der Waals surface area contributed by atoms with Crippen LogP contribution in [0.25, 0.3) is 11.5 Å². The van der Waals surface area contributed by atoms with Crippen molar-refractivity contribution < 1.29 is 13.9 Å². The van der Waals surface area contributed by atoms with Crippen molar-refractivity contribution in [3.05, 3.63) is 60.0 Å². The van der Waals surface area contributed by atoms with Crippen molar-refractivity contribution in [2.24, 2.45) is 0 Å². The number of hydrogen-bond acceptors (Lipinski definition) is 5. The number of benzene rings is 2. The lowest BCUT2D eigenvalue weighted by Crippen LogP contribution is -1.97. The van der Waals surface area contributed by atoms with E-state index < -0.39 is 0 Å². The van der Waals surface area contributed by atoms with Gasteiger partial charge in [-0.2, -0.15) is 0 Å². The zero-order chi connectivity index (χ0) is 16.9. The van der Waals surface area contributed by atoms with E-state index in [0.29, 0.717) is 17.7 Å². The maximum atomic E-state index is 5.75. The zero-order valence-electron chi connectivity index (χ0n) is 14.0. The molecule has 2 aromatic carbocycles. The Kier molecular flexibility index (Phi) is 4.79. The molecule has 0 aliphatic rings. The monoisotopic (exact) mass is 324 g/mol. The van der Waals surface area contributed by atoms with Gasteiger partial charge in [-0.3, -0.25) is 0 Å². The van der Waals surface area contributed by atoms with Gasteiger partial charge < -0.3 is 13.9 Å². The number of rotatable bonds is 6. The molecule has 5 heteroatoms. The summed E-state index contributed by atoms with van der Waals surface area (Å²) in [4.78, 5) is 0. The SMILES string of the molecule is COc1ccc(-c2nnc(COc3cccc(C(C)C)c3)o2)cc1. The van der Waals surface area contributed by atoms with Crippen LogP contribution in [0, 0.1) is 0 Å². The van der Waals surface area contributed by atoms with Gasteiger partial charge in [0, 0.05) is 5.56 Å². The Morgan fingerprint density at radius 2 is 1.79 bits per heavy atom. The van der Waals surface area contributed by atoms with E-state index in [1.807, 2.05) is 42.5 Å². The average molecular weight is 324 g/mol. The van der Waals surface area contributed by atoms with Crippen molar-refractivity contribution in [3.8, 4) is 23.0 Å². The first kappa shape index (κ1) is 16.1. The molecule has 1 aromatic heterocycles. The third-order valence-corrected chi connectivity index (χ3v) is 3.69. The highest BCUT2D eigenvalue weighted by atomic mass is 16.5. The molecule has 0 unspecified atom stereocenters. The lowest BCUT2D eigenvalue weighted by Gasteiger charge is -2.08. The molecule has 0 amide bonds. The summed E-state index contributed by atoms with van der Waals surface area (Å²) in [5.41, 5.74) is 2.08. The van der Waals surface area contributed by atoms with E-state index in [4.69, 9.17) is 13.9 Å². The first-order valence-corrected chi connectivity index (χ1v) is 7.85. The molecular formula is C19H20N2O3. The highest BCUT2D eigenvalue weighted by molar-refractivity contribution is 5.53. The zero-order valence-corrected chi connectivity index (χ0v) is 14.0. The van der Waals surface area contributed by atoms with Crippen LogP contribution in [0.2, 0.25) is 0 Å². The highest BCUT2D eigenvalue weighted by Crippen LogP contribution is 2.23. The summed E-state index contributed by atoms with van der Waals surface area (Å²) in [6, 6.07) is 15.5. The van der Waals surface area contributed by atoms with Gasteiger partial charge in [-0.1, -0.05) is 26.0 Å². The summed E-state index contributed by atoms with van der Waals surface area (Å²) in [5, 5.41) is 8.10. The normalized spacial score (nSPS) is 10.8. The molecule has 1 heterocycles. The quantitative estimate of drug-likeness (QED) is 0.670. The Bertz CT molecular complexity index is 794. The summed E-state index contributed by atoms with van der Waals surface area (Å²) in [5.74, 6) is 2.94. The van der Waals surface area contributed by atoms with Crippen LogP contribution < -0.4 is 9.47 Å². The fraction of sp³-hybridized carbons (Fsp3) is 0.263. The van der Waals surface area contributed by atoms with Crippen LogP contribution in [0.4, 0.5) is 0 Å².